The number of rotatable bonds is 7. The molecule has 0 radical (unpaired) electrons. The number of aromatic hydroxyl groups is 1. The van der Waals surface area contributed by atoms with Crippen LogP contribution in [-0.2, 0) is 16.0 Å². The number of hydrogen-bond acceptors (Lipinski definition) is 5. The van der Waals surface area contributed by atoms with E-state index in [1.165, 1.54) is 18.4 Å². The summed E-state index contributed by atoms with van der Waals surface area (Å²) in [5.74, 6) is 1.92. The van der Waals surface area contributed by atoms with Gasteiger partial charge in [0.1, 0.15) is 0 Å². The molecule has 1 heterocycles. The summed E-state index contributed by atoms with van der Waals surface area (Å²) >= 11 is 0. The smallest absolute Gasteiger partial charge is 0.174 e. The molecule has 2 saturated carbocycles. The lowest BCUT2D eigenvalue weighted by Gasteiger charge is -2.54. The summed E-state index contributed by atoms with van der Waals surface area (Å²) in [5.41, 5.74) is 1.81. The third-order valence-corrected chi connectivity index (χ3v) is 7.43. The van der Waals surface area contributed by atoms with E-state index < -0.39 is 11.7 Å². The monoisotopic (exact) mass is 399 g/mol. The van der Waals surface area contributed by atoms with Crippen molar-refractivity contribution in [1.82, 2.24) is 4.90 Å². The topological polar surface area (TPSA) is 59.0 Å². The van der Waals surface area contributed by atoms with Crippen LogP contribution in [0.25, 0.3) is 0 Å². The minimum Gasteiger partial charge on any atom is -0.504 e. The molecule has 3 aliphatic carbocycles. The van der Waals surface area contributed by atoms with Gasteiger partial charge in [-0.15, -0.1) is 0 Å². The minimum atomic E-state index is -0.527. The summed E-state index contributed by atoms with van der Waals surface area (Å²) in [6.07, 6.45) is 4.24. The largest absolute Gasteiger partial charge is 0.504 e. The summed E-state index contributed by atoms with van der Waals surface area (Å²) in [7, 11) is 0. The van der Waals surface area contributed by atoms with Gasteiger partial charge in [0.25, 0.3) is 0 Å². The Kier molecular flexibility index (Phi) is 4.67. The highest BCUT2D eigenvalue weighted by atomic mass is 16.5. The molecule has 1 N–H and O–H groups in total. The highest BCUT2D eigenvalue weighted by Gasteiger charge is 2.63. The third-order valence-electron chi connectivity index (χ3n) is 7.43. The van der Waals surface area contributed by atoms with E-state index in [9.17, 15) is 9.90 Å². The second kappa shape index (κ2) is 6.98. The number of likely N-dealkylation sites (N-methyl/N-ethyl adjacent to an activating group) is 1. The van der Waals surface area contributed by atoms with Crippen LogP contribution in [0.5, 0.6) is 11.5 Å². The van der Waals surface area contributed by atoms with Crippen LogP contribution in [0.3, 0.4) is 0 Å². The molecule has 5 heteroatoms. The van der Waals surface area contributed by atoms with E-state index in [2.05, 4.69) is 25.7 Å². The molecule has 0 saturated heterocycles. The van der Waals surface area contributed by atoms with Gasteiger partial charge in [0.05, 0.1) is 11.5 Å². The highest BCUT2D eigenvalue weighted by molar-refractivity contribution is 5.88. The summed E-state index contributed by atoms with van der Waals surface area (Å²) in [6, 6.07) is 3.99. The zero-order chi connectivity index (χ0) is 20.3. The van der Waals surface area contributed by atoms with E-state index >= 15 is 0 Å². The van der Waals surface area contributed by atoms with Crippen LogP contribution in [0.4, 0.5) is 0 Å². The molecule has 1 aliphatic heterocycles. The predicted octanol–water partition coefficient (Wildman–Crippen LogP) is 3.67. The summed E-state index contributed by atoms with van der Waals surface area (Å²) < 4.78 is 13.0. The first-order valence-electron chi connectivity index (χ1n) is 11.4. The number of carbonyl (C=O) groups is 1. The Morgan fingerprint density at radius 3 is 2.83 bits per heavy atom. The van der Waals surface area contributed by atoms with E-state index in [4.69, 9.17) is 9.47 Å². The van der Waals surface area contributed by atoms with Crippen LogP contribution in [0.1, 0.15) is 63.5 Å². The maximum atomic E-state index is 12.9. The summed E-state index contributed by atoms with van der Waals surface area (Å²) in [4.78, 5) is 15.5. The predicted molar refractivity (Wildman–Crippen MR) is 110 cm³/mol. The van der Waals surface area contributed by atoms with Gasteiger partial charge in [0.15, 0.2) is 23.4 Å². The van der Waals surface area contributed by atoms with Crippen LogP contribution in [-0.4, -0.2) is 53.2 Å². The lowest BCUT2D eigenvalue weighted by molar-refractivity contribution is -0.168. The Labute approximate surface area is 173 Å². The number of carbonyl (C=O) groups excluding carboxylic acids is 1. The van der Waals surface area contributed by atoms with Crippen LogP contribution >= 0.6 is 0 Å². The number of ether oxygens (including phenoxy) is 2. The third kappa shape index (κ3) is 3.00. The maximum absolute atomic E-state index is 12.9. The van der Waals surface area contributed by atoms with E-state index in [1.807, 2.05) is 6.07 Å². The number of phenolic OH excluding ortho intramolecular Hbond substituents is 1. The zero-order valence-corrected chi connectivity index (χ0v) is 17.8. The molecule has 1 aromatic carbocycles. The van der Waals surface area contributed by atoms with Crippen LogP contribution in [0.2, 0.25) is 0 Å². The average Bonchev–Trinajstić information content (AvgIpc) is 3.42. The van der Waals surface area contributed by atoms with Crippen molar-refractivity contribution in [1.29, 1.82) is 0 Å². The highest BCUT2D eigenvalue weighted by Crippen LogP contribution is 2.59. The molecule has 4 atom stereocenters. The molecule has 4 aliphatic rings. The van der Waals surface area contributed by atoms with Crippen LogP contribution in [0.15, 0.2) is 12.1 Å². The van der Waals surface area contributed by atoms with Crippen molar-refractivity contribution in [3.63, 3.8) is 0 Å². The van der Waals surface area contributed by atoms with Gasteiger partial charge >= 0.3 is 0 Å². The molecule has 5 nitrogen and oxygen atoms in total. The van der Waals surface area contributed by atoms with E-state index in [0.29, 0.717) is 24.7 Å². The molecule has 2 fully saturated rings. The van der Waals surface area contributed by atoms with Crippen molar-refractivity contribution < 1.29 is 19.4 Å². The van der Waals surface area contributed by atoms with Gasteiger partial charge in [-0.05, 0) is 55.7 Å². The fraction of sp³-hybridized carbons (Fsp3) is 0.708. The lowest BCUT2D eigenvalue weighted by atomic mass is 9.61. The minimum absolute atomic E-state index is 0.119. The molecular weight excluding hydrogens is 366 g/mol. The molecule has 29 heavy (non-hydrogen) atoms. The van der Waals surface area contributed by atoms with Gasteiger partial charge < -0.3 is 14.6 Å². The molecule has 1 aromatic rings. The Morgan fingerprint density at radius 1 is 1.34 bits per heavy atom. The molecular formula is C24H33NO4. The van der Waals surface area contributed by atoms with Gasteiger partial charge in [-0.2, -0.15) is 0 Å². The molecule has 0 amide bonds. The maximum Gasteiger partial charge on any atom is 0.174 e. The SMILES string of the molecule is CCN(CC1CC1)[C@@H]1Cc2ccc(O)c3c2C2C(O3)C(=O)CCC21OCC(C)C. The molecule has 158 valence electrons. The van der Waals surface area contributed by atoms with E-state index in [-0.39, 0.29) is 23.5 Å². The number of Topliss-reactive ketones (excluding diaryl/α,β-unsaturated/α-hetero) is 1. The number of ketones is 1. The molecule has 0 spiro atoms. The number of nitrogens with zero attached hydrogens (tertiary/aromatic N) is 1. The summed E-state index contributed by atoms with van der Waals surface area (Å²) in [6.45, 7) is 9.38. The number of benzene rings is 1. The Balaban J connectivity index is 1.63. The van der Waals surface area contributed by atoms with E-state index in [0.717, 1.165) is 37.4 Å². The average molecular weight is 400 g/mol. The first-order valence-corrected chi connectivity index (χ1v) is 11.4. The van der Waals surface area contributed by atoms with Crippen molar-refractivity contribution in [2.75, 3.05) is 19.7 Å². The standard InChI is InChI=1S/C24H33NO4/c1-4-25(12-15-5-6-15)19-11-16-7-8-17(26)22-20(16)21-23(29-22)18(27)9-10-24(19,21)28-13-14(2)3/h7-8,14-15,19,21,23,26H,4-6,9-13H2,1-3H3/t19-,21?,23?,24?/m1/s1. The van der Waals surface area contributed by atoms with Crippen LogP contribution < -0.4 is 4.74 Å². The van der Waals surface area contributed by atoms with Gasteiger partial charge in [-0.1, -0.05) is 26.8 Å². The van der Waals surface area contributed by atoms with Gasteiger partial charge in [-0.3, -0.25) is 9.69 Å². The number of hydrogen-bond donors (Lipinski definition) is 1. The van der Waals surface area contributed by atoms with Crippen molar-refractivity contribution >= 4 is 5.78 Å². The zero-order valence-electron chi connectivity index (χ0n) is 17.8. The lowest BCUT2D eigenvalue weighted by Crippen LogP contribution is -2.65. The molecule has 5 rings (SSSR count). The fourth-order valence-corrected chi connectivity index (χ4v) is 5.87. The first-order chi connectivity index (χ1) is 13.9. The van der Waals surface area contributed by atoms with Crippen molar-refractivity contribution in [3.8, 4) is 11.5 Å². The second-order valence-electron chi connectivity index (χ2n) is 9.88. The quantitative estimate of drug-likeness (QED) is 0.758. The summed E-state index contributed by atoms with van der Waals surface area (Å²) in [5, 5.41) is 10.5. The number of phenols is 1. The van der Waals surface area contributed by atoms with Gasteiger partial charge in [0.2, 0.25) is 0 Å². The first kappa shape index (κ1) is 19.4. The Hall–Kier alpha value is -1.59. The molecule has 0 aromatic heterocycles. The second-order valence-corrected chi connectivity index (χ2v) is 9.88. The van der Waals surface area contributed by atoms with Gasteiger partial charge in [-0.25, -0.2) is 0 Å². The van der Waals surface area contributed by atoms with E-state index in [1.54, 1.807) is 6.07 Å². The fourth-order valence-electron chi connectivity index (χ4n) is 5.87. The molecule has 0 bridgehead atoms. The van der Waals surface area contributed by atoms with Crippen molar-refractivity contribution in [2.24, 2.45) is 11.8 Å². The Morgan fingerprint density at radius 2 is 2.14 bits per heavy atom. The molecule has 3 unspecified atom stereocenters. The van der Waals surface area contributed by atoms with Gasteiger partial charge in [0, 0.05) is 31.2 Å². The Bertz CT molecular complexity index is 817. The van der Waals surface area contributed by atoms with Crippen LogP contribution in [0, 0.1) is 11.8 Å². The van der Waals surface area contributed by atoms with Crippen molar-refractivity contribution in [2.45, 2.75) is 76.5 Å². The normalized spacial score (nSPS) is 32.6. The van der Waals surface area contributed by atoms with Crippen molar-refractivity contribution in [3.05, 3.63) is 23.3 Å².